The zero-order valence-electron chi connectivity index (χ0n) is 14.7. The third-order valence-electron chi connectivity index (χ3n) is 3.83. The largest absolute Gasteiger partial charge is 0.323 e. The van der Waals surface area contributed by atoms with Gasteiger partial charge in [0.1, 0.15) is 11.6 Å². The van der Waals surface area contributed by atoms with Crippen LogP contribution in [0.4, 0.5) is 14.5 Å². The molecule has 0 fully saturated rings. The zero-order valence-corrected chi connectivity index (χ0v) is 15.5. The number of thioether (sulfide) groups is 1. The van der Waals surface area contributed by atoms with Crippen molar-refractivity contribution in [3.8, 4) is 0 Å². The van der Waals surface area contributed by atoms with Gasteiger partial charge in [-0.3, -0.25) is 14.2 Å². The summed E-state index contributed by atoms with van der Waals surface area (Å²) in [5.41, 5.74) is 0.126. The van der Waals surface area contributed by atoms with Gasteiger partial charge >= 0.3 is 0 Å². The zero-order chi connectivity index (χ0) is 19.6. The van der Waals surface area contributed by atoms with Gasteiger partial charge in [0.2, 0.25) is 5.91 Å². The highest BCUT2D eigenvalue weighted by molar-refractivity contribution is 7.99. The molecule has 1 aromatic heterocycles. The summed E-state index contributed by atoms with van der Waals surface area (Å²) in [6.45, 7) is 3.70. The number of rotatable bonds is 5. The number of para-hydroxylation sites is 1. The van der Waals surface area contributed by atoms with Crippen molar-refractivity contribution < 1.29 is 13.6 Å². The van der Waals surface area contributed by atoms with E-state index >= 15 is 0 Å². The minimum absolute atomic E-state index is 0.104. The Balaban J connectivity index is 1.84. The highest BCUT2D eigenvalue weighted by Gasteiger charge is 2.16. The highest BCUT2D eigenvalue weighted by Crippen LogP contribution is 2.22. The van der Waals surface area contributed by atoms with Gasteiger partial charge in [-0.2, -0.15) is 0 Å². The first-order valence-corrected chi connectivity index (χ1v) is 9.24. The van der Waals surface area contributed by atoms with Gasteiger partial charge in [-0.05, 0) is 38.1 Å². The van der Waals surface area contributed by atoms with E-state index in [1.165, 1.54) is 4.57 Å². The minimum atomic E-state index is -0.724. The highest BCUT2D eigenvalue weighted by atomic mass is 32.2. The lowest BCUT2D eigenvalue weighted by atomic mass is 10.2. The summed E-state index contributed by atoms with van der Waals surface area (Å²) < 4.78 is 28.4. The van der Waals surface area contributed by atoms with E-state index in [2.05, 4.69) is 10.3 Å². The predicted molar refractivity (Wildman–Crippen MR) is 102 cm³/mol. The average Bonchev–Trinajstić information content (AvgIpc) is 2.63. The number of nitrogens with one attached hydrogen (secondary N) is 1. The van der Waals surface area contributed by atoms with Gasteiger partial charge < -0.3 is 5.32 Å². The van der Waals surface area contributed by atoms with Crippen LogP contribution in [0.3, 0.4) is 0 Å². The number of hydrogen-bond donors (Lipinski definition) is 1. The third kappa shape index (κ3) is 4.16. The van der Waals surface area contributed by atoms with Crippen LogP contribution >= 0.6 is 11.8 Å². The number of fused-ring (bicyclic) bond motifs is 1. The summed E-state index contributed by atoms with van der Waals surface area (Å²) in [5.74, 6) is -2.00. The van der Waals surface area contributed by atoms with Crippen LogP contribution in [0.2, 0.25) is 0 Å². The summed E-state index contributed by atoms with van der Waals surface area (Å²) in [6, 6.07) is 9.66. The molecule has 1 N–H and O–H groups in total. The molecular formula is C19H17F2N3O2S. The van der Waals surface area contributed by atoms with Crippen molar-refractivity contribution in [1.82, 2.24) is 9.55 Å². The van der Waals surface area contributed by atoms with Gasteiger partial charge in [-0.1, -0.05) is 23.9 Å². The Labute approximate surface area is 158 Å². The van der Waals surface area contributed by atoms with Crippen molar-refractivity contribution in [2.24, 2.45) is 0 Å². The van der Waals surface area contributed by atoms with E-state index in [0.29, 0.717) is 16.1 Å². The van der Waals surface area contributed by atoms with Gasteiger partial charge in [-0.15, -0.1) is 0 Å². The molecule has 8 heteroatoms. The van der Waals surface area contributed by atoms with Crippen molar-refractivity contribution in [3.05, 3.63) is 64.5 Å². The first-order valence-electron chi connectivity index (χ1n) is 8.26. The van der Waals surface area contributed by atoms with Crippen molar-refractivity contribution in [2.75, 3.05) is 11.1 Å². The molecule has 0 unspecified atom stereocenters. The summed E-state index contributed by atoms with van der Waals surface area (Å²) in [5, 5.41) is 3.23. The summed E-state index contributed by atoms with van der Waals surface area (Å²) in [6.07, 6.45) is 0. The van der Waals surface area contributed by atoms with Crippen LogP contribution in [0.5, 0.6) is 0 Å². The lowest BCUT2D eigenvalue weighted by Gasteiger charge is -2.16. The molecule has 0 saturated heterocycles. The van der Waals surface area contributed by atoms with Gasteiger partial charge in [-0.25, -0.2) is 13.8 Å². The van der Waals surface area contributed by atoms with Crippen molar-refractivity contribution in [1.29, 1.82) is 0 Å². The molecule has 0 aliphatic rings. The molecular weight excluding hydrogens is 372 g/mol. The van der Waals surface area contributed by atoms with Gasteiger partial charge in [0.05, 0.1) is 22.3 Å². The Kier molecular flexibility index (Phi) is 5.55. The molecule has 3 rings (SSSR count). The maximum absolute atomic E-state index is 13.6. The Morgan fingerprint density at radius 3 is 2.70 bits per heavy atom. The first kappa shape index (κ1) is 19.0. The number of halogens is 2. The second-order valence-electron chi connectivity index (χ2n) is 6.14. The molecule has 1 heterocycles. The molecule has 0 aliphatic carbocycles. The number of amides is 1. The third-order valence-corrected chi connectivity index (χ3v) is 4.78. The fourth-order valence-electron chi connectivity index (χ4n) is 2.59. The number of nitrogens with zero attached hydrogens (tertiary/aromatic N) is 2. The quantitative estimate of drug-likeness (QED) is 0.529. The van der Waals surface area contributed by atoms with E-state index in [0.717, 1.165) is 30.0 Å². The van der Waals surface area contributed by atoms with Crippen molar-refractivity contribution in [2.45, 2.75) is 25.0 Å². The second kappa shape index (κ2) is 7.87. The molecule has 0 bridgehead atoms. The van der Waals surface area contributed by atoms with Crippen LogP contribution in [0.25, 0.3) is 10.9 Å². The molecule has 0 aliphatic heterocycles. The number of benzene rings is 2. The van der Waals surface area contributed by atoms with Crippen LogP contribution in [0, 0.1) is 11.6 Å². The number of carbonyl (C=O) groups excluding carboxylic acids is 1. The molecule has 0 saturated carbocycles. The normalized spacial score (nSPS) is 11.1. The van der Waals surface area contributed by atoms with E-state index in [-0.39, 0.29) is 23.0 Å². The minimum Gasteiger partial charge on any atom is -0.323 e. The maximum Gasteiger partial charge on any atom is 0.262 e. The number of hydrogen-bond acceptors (Lipinski definition) is 4. The molecule has 27 heavy (non-hydrogen) atoms. The van der Waals surface area contributed by atoms with Gasteiger partial charge in [0.25, 0.3) is 5.56 Å². The molecule has 2 aromatic carbocycles. The lowest BCUT2D eigenvalue weighted by Crippen LogP contribution is -2.25. The van der Waals surface area contributed by atoms with E-state index in [1.54, 1.807) is 24.3 Å². The van der Waals surface area contributed by atoms with Gasteiger partial charge in [0.15, 0.2) is 5.16 Å². The first-order chi connectivity index (χ1) is 12.9. The summed E-state index contributed by atoms with van der Waals surface area (Å²) in [4.78, 5) is 29.3. The lowest BCUT2D eigenvalue weighted by molar-refractivity contribution is -0.113. The van der Waals surface area contributed by atoms with E-state index < -0.39 is 17.5 Å². The standard InChI is InChI=1S/C19H17F2N3O2S/c1-11(2)24-18(26)13-5-3-4-6-15(13)23-19(24)27-10-17(25)22-16-9-12(20)7-8-14(16)21/h3-9,11H,10H2,1-2H3,(H,22,25). The van der Waals surface area contributed by atoms with E-state index in [9.17, 15) is 18.4 Å². The fourth-order valence-corrected chi connectivity index (χ4v) is 3.52. The van der Waals surface area contributed by atoms with Crippen molar-refractivity contribution >= 4 is 34.3 Å². The molecule has 0 spiro atoms. The number of aromatic nitrogens is 2. The van der Waals surface area contributed by atoms with E-state index in [4.69, 9.17) is 0 Å². The SMILES string of the molecule is CC(C)n1c(SCC(=O)Nc2cc(F)ccc2F)nc2ccccc2c1=O. The number of anilines is 1. The second-order valence-corrected chi connectivity index (χ2v) is 7.08. The molecule has 140 valence electrons. The molecule has 5 nitrogen and oxygen atoms in total. The topological polar surface area (TPSA) is 64.0 Å². The Morgan fingerprint density at radius 2 is 1.96 bits per heavy atom. The maximum atomic E-state index is 13.6. The smallest absolute Gasteiger partial charge is 0.262 e. The van der Waals surface area contributed by atoms with E-state index in [1.807, 2.05) is 13.8 Å². The Hall–Kier alpha value is -2.74. The van der Waals surface area contributed by atoms with Crippen LogP contribution in [-0.4, -0.2) is 21.2 Å². The Morgan fingerprint density at radius 1 is 1.22 bits per heavy atom. The van der Waals surface area contributed by atoms with Crippen molar-refractivity contribution in [3.63, 3.8) is 0 Å². The molecule has 1 amide bonds. The fraction of sp³-hybridized carbons (Fsp3) is 0.211. The van der Waals surface area contributed by atoms with Crippen LogP contribution in [0.15, 0.2) is 52.4 Å². The predicted octanol–water partition coefficient (Wildman–Crippen LogP) is 3.99. The van der Waals surface area contributed by atoms with Crippen LogP contribution in [-0.2, 0) is 4.79 Å². The summed E-state index contributed by atoms with van der Waals surface area (Å²) in [7, 11) is 0. The van der Waals surface area contributed by atoms with Crippen LogP contribution in [0.1, 0.15) is 19.9 Å². The Bertz CT molecular complexity index is 1070. The summed E-state index contributed by atoms with van der Waals surface area (Å²) >= 11 is 1.07. The van der Waals surface area contributed by atoms with Crippen LogP contribution < -0.4 is 10.9 Å². The number of carbonyl (C=O) groups is 1. The van der Waals surface area contributed by atoms with Gasteiger partial charge in [0, 0.05) is 12.1 Å². The molecule has 0 atom stereocenters. The molecule has 3 aromatic rings. The monoisotopic (exact) mass is 389 g/mol. The average molecular weight is 389 g/mol. The molecule has 0 radical (unpaired) electrons.